The van der Waals surface area contributed by atoms with Crippen molar-refractivity contribution < 1.29 is 0 Å². The number of nitrogens with two attached hydrogens (primary N) is 1. The molecule has 16 heavy (non-hydrogen) atoms. The topological polar surface area (TPSA) is 83.5 Å². The molecule has 0 aromatic heterocycles. The molecule has 0 aromatic carbocycles. The summed E-state index contributed by atoms with van der Waals surface area (Å²) in [5.74, 6) is 0. The van der Waals surface area contributed by atoms with E-state index < -0.39 is 0 Å². The van der Waals surface area contributed by atoms with Gasteiger partial charge < -0.3 is 15.4 Å². The van der Waals surface area contributed by atoms with Crippen molar-refractivity contribution >= 4 is 0 Å². The number of azide groups is 1. The summed E-state index contributed by atoms with van der Waals surface area (Å²) in [4.78, 5) is 8.70. The zero-order chi connectivity index (χ0) is 13.1. The van der Waals surface area contributed by atoms with E-state index in [0.717, 1.165) is 6.42 Å². The van der Waals surface area contributed by atoms with Crippen LogP contribution in [0.15, 0.2) is 5.11 Å². The molecule has 6 nitrogen and oxygen atoms in total. The number of hydrogen-bond acceptors (Lipinski definition) is 2. The summed E-state index contributed by atoms with van der Waals surface area (Å²) in [5, 5.41) is 3.25. The second-order valence-corrected chi connectivity index (χ2v) is 2.21. The molecule has 0 saturated carbocycles. The smallest absolute Gasteiger partial charge is 0.215 e. The van der Waals surface area contributed by atoms with Gasteiger partial charge in [-0.25, -0.2) is 13.1 Å². The number of rotatable bonds is 5. The van der Waals surface area contributed by atoms with Crippen molar-refractivity contribution in [2.75, 3.05) is 26.2 Å². The molecule has 0 aromatic rings. The second-order valence-electron chi connectivity index (χ2n) is 2.21. The third-order valence-corrected chi connectivity index (χ3v) is 1.07. The molecule has 6 heteroatoms. The Bertz CT molecular complexity index is 231. The first-order valence-corrected chi connectivity index (χ1v) is 5.20. The first kappa shape index (κ1) is 19.8. The van der Waals surface area contributed by atoms with Crippen LogP contribution in [0.1, 0.15) is 26.7 Å². The van der Waals surface area contributed by atoms with E-state index in [-0.39, 0.29) is 0 Å². The molecule has 0 saturated heterocycles. The minimum Gasteiger partial charge on any atom is -0.330 e. The van der Waals surface area contributed by atoms with Gasteiger partial charge >= 0.3 is 0 Å². The Balaban J connectivity index is -0.000000188. The molecule has 0 amide bonds. The Morgan fingerprint density at radius 1 is 1.12 bits per heavy atom. The quantitative estimate of drug-likeness (QED) is 0.251. The third-order valence-electron chi connectivity index (χ3n) is 1.07. The first-order valence-electron chi connectivity index (χ1n) is 5.20. The summed E-state index contributed by atoms with van der Waals surface area (Å²) in [5.41, 5.74) is 12.8. The predicted octanol–water partition coefficient (Wildman–Crippen LogP) is 2.89. The van der Waals surface area contributed by atoms with Crippen LogP contribution in [0.25, 0.3) is 20.1 Å². The maximum atomic E-state index is 7.75. The van der Waals surface area contributed by atoms with Gasteiger partial charge in [-0.1, -0.05) is 19.0 Å². The zero-order valence-electron chi connectivity index (χ0n) is 10.1. The second kappa shape index (κ2) is 29.2. The molecular weight excluding hydrogens is 204 g/mol. The SMILES string of the molecule is CC.[C-]#[N+]CCCN.[C-]#[N+]CCCN=[N+]=[N-]. The molecule has 0 aliphatic carbocycles. The molecule has 0 unspecified atom stereocenters. The minimum absolute atomic E-state index is 0.443. The third kappa shape index (κ3) is 39.7. The van der Waals surface area contributed by atoms with Gasteiger partial charge in [0.05, 0.1) is 0 Å². The Kier molecular flexibility index (Phi) is 36.1. The van der Waals surface area contributed by atoms with E-state index in [1.807, 2.05) is 13.8 Å². The highest BCUT2D eigenvalue weighted by molar-refractivity contribution is 4.59. The summed E-state index contributed by atoms with van der Waals surface area (Å²) in [6.07, 6.45) is 1.51. The van der Waals surface area contributed by atoms with Crippen LogP contribution < -0.4 is 5.73 Å². The molecule has 0 atom stereocenters. The summed E-state index contributed by atoms with van der Waals surface area (Å²) in [6.45, 7) is 18.7. The highest BCUT2D eigenvalue weighted by Crippen LogP contribution is 1.81. The van der Waals surface area contributed by atoms with Gasteiger partial charge in [-0.2, -0.15) is 0 Å². The summed E-state index contributed by atoms with van der Waals surface area (Å²) in [6, 6.07) is 0. The van der Waals surface area contributed by atoms with Crippen LogP contribution >= 0.6 is 0 Å². The van der Waals surface area contributed by atoms with E-state index in [0.29, 0.717) is 32.6 Å². The largest absolute Gasteiger partial charge is 0.330 e. The van der Waals surface area contributed by atoms with Crippen molar-refractivity contribution in [3.05, 3.63) is 33.3 Å². The van der Waals surface area contributed by atoms with Crippen molar-refractivity contribution in [3.8, 4) is 0 Å². The molecule has 0 aliphatic heterocycles. The van der Waals surface area contributed by atoms with Crippen LogP contribution in [0, 0.1) is 13.1 Å². The fourth-order valence-corrected chi connectivity index (χ4v) is 0.436. The van der Waals surface area contributed by atoms with Crippen LogP contribution in [0.4, 0.5) is 0 Å². The van der Waals surface area contributed by atoms with E-state index in [2.05, 4.69) is 19.7 Å². The van der Waals surface area contributed by atoms with Crippen LogP contribution in [0.5, 0.6) is 0 Å². The van der Waals surface area contributed by atoms with Crippen LogP contribution in [0.2, 0.25) is 0 Å². The first-order chi connectivity index (χ1) is 7.83. The van der Waals surface area contributed by atoms with Gasteiger partial charge in [0.2, 0.25) is 13.1 Å². The monoisotopic (exact) mass is 224 g/mol. The van der Waals surface area contributed by atoms with Gasteiger partial charge in [0.1, 0.15) is 0 Å². The lowest BCUT2D eigenvalue weighted by Crippen LogP contribution is -1.98. The van der Waals surface area contributed by atoms with Gasteiger partial charge in [-0.3, -0.25) is 0 Å². The van der Waals surface area contributed by atoms with E-state index in [1.165, 1.54) is 0 Å². The highest BCUT2D eigenvalue weighted by Gasteiger charge is 1.82. The predicted molar refractivity (Wildman–Crippen MR) is 66.6 cm³/mol. The van der Waals surface area contributed by atoms with Crippen molar-refractivity contribution in [2.24, 2.45) is 10.8 Å². The lowest BCUT2D eigenvalue weighted by Gasteiger charge is -1.77. The van der Waals surface area contributed by atoms with Crippen molar-refractivity contribution in [1.82, 2.24) is 0 Å². The van der Waals surface area contributed by atoms with Crippen molar-refractivity contribution in [3.63, 3.8) is 0 Å². The maximum absolute atomic E-state index is 7.75. The molecule has 90 valence electrons. The van der Waals surface area contributed by atoms with E-state index in [9.17, 15) is 0 Å². The highest BCUT2D eigenvalue weighted by atomic mass is 15.1. The summed E-state index contributed by atoms with van der Waals surface area (Å²) >= 11 is 0. The molecular formula is C10H20N6. The average Bonchev–Trinajstić information content (AvgIpc) is 2.35. The number of hydrogen-bond donors (Lipinski definition) is 1. The van der Waals surface area contributed by atoms with Gasteiger partial charge in [0.15, 0.2) is 0 Å². The van der Waals surface area contributed by atoms with Crippen molar-refractivity contribution in [2.45, 2.75) is 26.7 Å². The molecule has 2 N–H and O–H groups in total. The molecule has 0 bridgehead atoms. The molecule has 0 rings (SSSR count). The zero-order valence-corrected chi connectivity index (χ0v) is 10.1. The van der Waals surface area contributed by atoms with Crippen LogP contribution in [0.3, 0.4) is 0 Å². The van der Waals surface area contributed by atoms with E-state index in [4.69, 9.17) is 24.4 Å². The van der Waals surface area contributed by atoms with Gasteiger partial charge in [0.25, 0.3) is 0 Å². The lowest BCUT2D eigenvalue weighted by molar-refractivity contribution is 0.894. The molecule has 0 heterocycles. The van der Waals surface area contributed by atoms with Gasteiger partial charge in [-0.05, 0) is 12.1 Å². The Hall–Kier alpha value is -1.75. The minimum atomic E-state index is 0.443. The molecule has 0 fully saturated rings. The maximum Gasteiger partial charge on any atom is 0.215 e. The lowest BCUT2D eigenvalue weighted by atomic mass is 10.4. The molecule has 0 radical (unpaired) electrons. The summed E-state index contributed by atoms with van der Waals surface area (Å²) < 4.78 is 0. The standard InChI is InChI=1S/C4H6N4.C4H8N2.C2H6/c1-6-3-2-4-7-8-5;1-6-4-2-3-5;1-2/h2-4H2;2-5H2;1-2H3. The average molecular weight is 224 g/mol. The fourth-order valence-electron chi connectivity index (χ4n) is 0.436. The van der Waals surface area contributed by atoms with Crippen LogP contribution in [-0.2, 0) is 0 Å². The van der Waals surface area contributed by atoms with E-state index in [1.54, 1.807) is 0 Å². The molecule has 0 spiro atoms. The normalized spacial score (nSPS) is 6.56. The fraction of sp³-hybridized carbons (Fsp3) is 0.800. The molecule has 0 aliphatic rings. The summed E-state index contributed by atoms with van der Waals surface area (Å²) in [7, 11) is 0. The van der Waals surface area contributed by atoms with Gasteiger partial charge in [0, 0.05) is 24.3 Å². The Morgan fingerprint density at radius 3 is 1.94 bits per heavy atom. The van der Waals surface area contributed by atoms with Gasteiger partial charge in [-0.15, -0.1) is 0 Å². The van der Waals surface area contributed by atoms with E-state index >= 15 is 0 Å². The van der Waals surface area contributed by atoms with Crippen LogP contribution in [-0.4, -0.2) is 26.2 Å². The Labute approximate surface area is 97.7 Å². The Morgan fingerprint density at radius 2 is 1.62 bits per heavy atom. The number of nitrogens with zero attached hydrogens (tertiary/aromatic N) is 5. The van der Waals surface area contributed by atoms with Crippen molar-refractivity contribution in [1.29, 1.82) is 0 Å².